The molecular weight excluding hydrogens is 346 g/mol. The Hall–Kier alpha value is -2.57. The molecule has 1 aromatic carbocycles. The molecule has 0 aromatic heterocycles. The molecule has 3 amide bonds. The number of amides is 3. The molecule has 0 bridgehead atoms. The minimum atomic E-state index is -0.341. The molecule has 2 fully saturated rings. The number of anilines is 1. The lowest BCUT2D eigenvalue weighted by molar-refractivity contribution is -0.129. The van der Waals surface area contributed by atoms with Crippen molar-refractivity contribution in [2.24, 2.45) is 11.8 Å². The molecule has 0 spiro atoms. The number of hydrogen-bond donors (Lipinski definition) is 1. The Bertz CT molecular complexity index is 734. The molecular formula is C20H27N3O4. The van der Waals surface area contributed by atoms with Crippen LogP contribution in [0.1, 0.15) is 26.7 Å². The molecule has 146 valence electrons. The highest BCUT2D eigenvalue weighted by Gasteiger charge is 2.38. The first-order valence-electron chi connectivity index (χ1n) is 9.40. The summed E-state index contributed by atoms with van der Waals surface area (Å²) >= 11 is 0. The second-order valence-electron chi connectivity index (χ2n) is 7.68. The Morgan fingerprint density at radius 2 is 1.93 bits per heavy atom. The van der Waals surface area contributed by atoms with Crippen LogP contribution in [0, 0.1) is 11.8 Å². The molecule has 7 nitrogen and oxygen atoms in total. The zero-order valence-corrected chi connectivity index (χ0v) is 16.1. The van der Waals surface area contributed by atoms with Crippen molar-refractivity contribution in [3.63, 3.8) is 0 Å². The molecule has 0 radical (unpaired) electrons. The molecule has 0 aliphatic carbocycles. The van der Waals surface area contributed by atoms with Gasteiger partial charge in [-0.3, -0.25) is 14.4 Å². The smallest absolute Gasteiger partial charge is 0.229 e. The van der Waals surface area contributed by atoms with Crippen LogP contribution >= 0.6 is 0 Å². The van der Waals surface area contributed by atoms with Crippen molar-refractivity contribution in [2.75, 3.05) is 31.6 Å². The molecule has 1 N–H and O–H groups in total. The standard InChI is InChI=1S/C20H27N3O4/c1-13(2)10-22-11-14(8-18(22)24)20(26)21-15-9-19(25)23(12-15)16-6-4-5-7-17(16)27-3/h4-7,13-15H,8-12H2,1-3H3,(H,21,26)/t14-,15+/m1/s1. The van der Waals surface area contributed by atoms with E-state index in [4.69, 9.17) is 4.74 Å². The molecule has 7 heteroatoms. The van der Waals surface area contributed by atoms with Gasteiger partial charge in [-0.1, -0.05) is 26.0 Å². The number of benzene rings is 1. The third kappa shape index (κ3) is 4.23. The van der Waals surface area contributed by atoms with Crippen LogP contribution in [0.4, 0.5) is 5.69 Å². The number of hydrogen-bond acceptors (Lipinski definition) is 4. The summed E-state index contributed by atoms with van der Waals surface area (Å²) in [5.74, 6) is 0.498. The van der Waals surface area contributed by atoms with Gasteiger partial charge in [-0.2, -0.15) is 0 Å². The Morgan fingerprint density at radius 1 is 1.19 bits per heavy atom. The quantitative estimate of drug-likeness (QED) is 0.818. The van der Waals surface area contributed by atoms with Gasteiger partial charge < -0.3 is 19.9 Å². The van der Waals surface area contributed by atoms with Gasteiger partial charge in [0, 0.05) is 32.5 Å². The molecule has 2 aliphatic rings. The summed E-state index contributed by atoms with van der Waals surface area (Å²) in [6, 6.07) is 7.08. The average Bonchev–Trinajstić information content (AvgIpc) is 3.17. The number of para-hydroxylation sites is 2. The van der Waals surface area contributed by atoms with E-state index >= 15 is 0 Å². The molecule has 27 heavy (non-hydrogen) atoms. The van der Waals surface area contributed by atoms with Crippen molar-refractivity contribution >= 4 is 23.4 Å². The molecule has 2 saturated heterocycles. The number of rotatable bonds is 6. The summed E-state index contributed by atoms with van der Waals surface area (Å²) in [6.45, 7) is 5.64. The Morgan fingerprint density at radius 3 is 2.63 bits per heavy atom. The van der Waals surface area contributed by atoms with Gasteiger partial charge in [0.15, 0.2) is 0 Å². The van der Waals surface area contributed by atoms with E-state index in [-0.39, 0.29) is 42.5 Å². The predicted molar refractivity (Wildman–Crippen MR) is 101 cm³/mol. The fraction of sp³-hybridized carbons (Fsp3) is 0.550. The molecule has 1 aromatic rings. The van der Waals surface area contributed by atoms with Crippen molar-refractivity contribution in [3.8, 4) is 5.75 Å². The number of carbonyl (C=O) groups is 3. The normalized spacial score (nSPS) is 22.7. The van der Waals surface area contributed by atoms with Gasteiger partial charge in [0.1, 0.15) is 5.75 Å². The van der Waals surface area contributed by atoms with Crippen LogP contribution in [0.3, 0.4) is 0 Å². The highest BCUT2D eigenvalue weighted by Crippen LogP contribution is 2.31. The van der Waals surface area contributed by atoms with Crippen molar-refractivity contribution in [1.29, 1.82) is 0 Å². The second kappa shape index (κ2) is 7.98. The second-order valence-corrected chi connectivity index (χ2v) is 7.68. The van der Waals surface area contributed by atoms with Crippen LogP contribution in [-0.4, -0.2) is 55.4 Å². The zero-order valence-electron chi connectivity index (χ0n) is 16.1. The summed E-state index contributed by atoms with van der Waals surface area (Å²) in [5.41, 5.74) is 0.709. The topological polar surface area (TPSA) is 79.0 Å². The van der Waals surface area contributed by atoms with Crippen LogP contribution in [-0.2, 0) is 14.4 Å². The molecule has 2 atom stereocenters. The average molecular weight is 373 g/mol. The van der Waals surface area contributed by atoms with E-state index in [1.807, 2.05) is 24.3 Å². The van der Waals surface area contributed by atoms with Gasteiger partial charge in [-0.15, -0.1) is 0 Å². The Balaban J connectivity index is 1.60. The number of ether oxygens (including phenoxy) is 1. The highest BCUT2D eigenvalue weighted by atomic mass is 16.5. The summed E-state index contributed by atoms with van der Waals surface area (Å²) in [4.78, 5) is 40.5. The van der Waals surface area contributed by atoms with E-state index in [0.717, 1.165) is 0 Å². The van der Waals surface area contributed by atoms with E-state index < -0.39 is 0 Å². The van der Waals surface area contributed by atoms with Gasteiger partial charge in [0.05, 0.1) is 24.8 Å². The van der Waals surface area contributed by atoms with Crippen LogP contribution in [0.15, 0.2) is 24.3 Å². The van der Waals surface area contributed by atoms with Crippen LogP contribution in [0.2, 0.25) is 0 Å². The van der Waals surface area contributed by atoms with Crippen LogP contribution in [0.25, 0.3) is 0 Å². The third-order valence-corrected chi connectivity index (χ3v) is 5.02. The molecule has 2 heterocycles. The van der Waals surface area contributed by atoms with E-state index in [1.165, 1.54) is 0 Å². The number of methoxy groups -OCH3 is 1. The van der Waals surface area contributed by atoms with Crippen LogP contribution in [0.5, 0.6) is 5.75 Å². The molecule has 0 saturated carbocycles. The minimum absolute atomic E-state index is 0.0296. The lowest BCUT2D eigenvalue weighted by Crippen LogP contribution is -2.41. The summed E-state index contributed by atoms with van der Waals surface area (Å²) in [6.07, 6.45) is 0.496. The zero-order chi connectivity index (χ0) is 19.6. The maximum atomic E-state index is 12.6. The first kappa shape index (κ1) is 19.2. The summed E-state index contributed by atoms with van der Waals surface area (Å²) in [5, 5.41) is 2.96. The van der Waals surface area contributed by atoms with Crippen molar-refractivity contribution in [3.05, 3.63) is 24.3 Å². The number of carbonyl (C=O) groups excluding carboxylic acids is 3. The monoisotopic (exact) mass is 373 g/mol. The fourth-order valence-corrected chi connectivity index (χ4v) is 3.77. The van der Waals surface area contributed by atoms with Gasteiger partial charge in [0.2, 0.25) is 17.7 Å². The molecule has 0 unspecified atom stereocenters. The first-order valence-corrected chi connectivity index (χ1v) is 9.40. The van der Waals surface area contributed by atoms with E-state index in [0.29, 0.717) is 37.0 Å². The molecule has 2 aliphatic heterocycles. The fourth-order valence-electron chi connectivity index (χ4n) is 3.77. The van der Waals surface area contributed by atoms with Gasteiger partial charge in [-0.25, -0.2) is 0 Å². The summed E-state index contributed by atoms with van der Waals surface area (Å²) in [7, 11) is 1.57. The lowest BCUT2D eigenvalue weighted by atomic mass is 10.1. The lowest BCUT2D eigenvalue weighted by Gasteiger charge is -2.21. The van der Waals surface area contributed by atoms with E-state index in [2.05, 4.69) is 19.2 Å². The van der Waals surface area contributed by atoms with Gasteiger partial charge >= 0.3 is 0 Å². The molecule has 3 rings (SSSR count). The van der Waals surface area contributed by atoms with E-state index in [9.17, 15) is 14.4 Å². The SMILES string of the molecule is COc1ccccc1N1C[C@@H](NC(=O)[C@@H]2CC(=O)N(CC(C)C)C2)CC1=O. The van der Waals surface area contributed by atoms with Gasteiger partial charge in [0.25, 0.3) is 0 Å². The number of likely N-dealkylation sites (tertiary alicyclic amines) is 1. The minimum Gasteiger partial charge on any atom is -0.495 e. The van der Waals surface area contributed by atoms with Crippen LogP contribution < -0.4 is 15.0 Å². The van der Waals surface area contributed by atoms with Crippen molar-refractivity contribution < 1.29 is 19.1 Å². The largest absolute Gasteiger partial charge is 0.495 e. The summed E-state index contributed by atoms with van der Waals surface area (Å²) < 4.78 is 5.33. The van der Waals surface area contributed by atoms with Gasteiger partial charge in [-0.05, 0) is 18.1 Å². The Labute approximate surface area is 159 Å². The predicted octanol–water partition coefficient (Wildman–Crippen LogP) is 1.42. The van der Waals surface area contributed by atoms with Crippen molar-refractivity contribution in [2.45, 2.75) is 32.7 Å². The van der Waals surface area contributed by atoms with Crippen molar-refractivity contribution in [1.82, 2.24) is 10.2 Å². The highest BCUT2D eigenvalue weighted by molar-refractivity contribution is 5.98. The number of nitrogens with zero attached hydrogens (tertiary/aromatic N) is 2. The number of nitrogens with one attached hydrogen (secondary N) is 1. The maximum Gasteiger partial charge on any atom is 0.229 e. The Kier molecular flexibility index (Phi) is 5.68. The first-order chi connectivity index (χ1) is 12.9. The van der Waals surface area contributed by atoms with E-state index in [1.54, 1.807) is 16.9 Å². The third-order valence-electron chi connectivity index (χ3n) is 5.02. The maximum absolute atomic E-state index is 12.6.